The Balaban J connectivity index is 2.03. The fraction of sp³-hybridized carbons (Fsp3) is 0.286. The summed E-state index contributed by atoms with van der Waals surface area (Å²) in [6.07, 6.45) is -0.866. The second kappa shape index (κ2) is 4.61. The number of aryl methyl sites for hydroxylation is 1. The number of rotatable bonds is 1. The van der Waals surface area contributed by atoms with Crippen LogP contribution in [-0.2, 0) is 19.6 Å². The van der Waals surface area contributed by atoms with Crippen LogP contribution in [0.4, 0.5) is 19.0 Å². The van der Waals surface area contributed by atoms with E-state index in [1.165, 1.54) is 17.2 Å². The van der Waals surface area contributed by atoms with Crippen LogP contribution in [-0.4, -0.2) is 22.0 Å². The first kappa shape index (κ1) is 13.7. The van der Waals surface area contributed by atoms with Crippen LogP contribution in [0.5, 0.6) is 0 Å². The Bertz CT molecular complexity index is 706. The second-order valence-electron chi connectivity index (χ2n) is 4.94. The van der Waals surface area contributed by atoms with Crippen LogP contribution in [0.1, 0.15) is 21.5 Å². The number of carbonyl (C=O) groups excluding carboxylic acids is 1. The molecule has 0 atom stereocenters. The minimum atomic E-state index is -4.45. The molecule has 7 heteroatoms. The molecule has 0 bridgehead atoms. The van der Waals surface area contributed by atoms with Gasteiger partial charge in [0.25, 0.3) is 5.91 Å². The number of carbonyl (C=O) groups is 1. The van der Waals surface area contributed by atoms with Gasteiger partial charge in [-0.15, -0.1) is 0 Å². The molecule has 1 aromatic heterocycles. The van der Waals surface area contributed by atoms with Gasteiger partial charge in [-0.1, -0.05) is 6.07 Å². The predicted molar refractivity (Wildman–Crippen MR) is 70.0 cm³/mol. The molecule has 0 spiro atoms. The molecule has 0 aliphatic carbocycles. The first-order valence-corrected chi connectivity index (χ1v) is 6.36. The van der Waals surface area contributed by atoms with Crippen molar-refractivity contribution in [3.8, 4) is 0 Å². The molecule has 1 aliphatic rings. The lowest BCUT2D eigenvalue weighted by Crippen LogP contribution is -2.38. The van der Waals surface area contributed by atoms with E-state index >= 15 is 0 Å². The van der Waals surface area contributed by atoms with Crippen LogP contribution in [0.15, 0.2) is 30.7 Å². The number of hydrogen-bond acceptors (Lipinski definition) is 2. The maximum Gasteiger partial charge on any atom is 0.416 e. The van der Waals surface area contributed by atoms with E-state index in [1.807, 2.05) is 0 Å². The van der Waals surface area contributed by atoms with Gasteiger partial charge in [0.05, 0.1) is 18.1 Å². The number of anilines is 1. The van der Waals surface area contributed by atoms with Crippen LogP contribution >= 0.6 is 0 Å². The minimum absolute atomic E-state index is 0.109. The molecule has 4 nitrogen and oxygen atoms in total. The summed E-state index contributed by atoms with van der Waals surface area (Å²) in [6.45, 7) is 0.427. The van der Waals surface area contributed by atoms with Crippen LogP contribution in [0, 0.1) is 0 Å². The standard InChI is InChI=1S/C14H12F3N3O/c1-19-8-18-7-12(19)20-5-4-9-2-3-10(14(15,16)17)6-11(9)13(20)21/h2-3,6-8H,4-5H2,1H3. The largest absolute Gasteiger partial charge is 0.416 e. The molecular weight excluding hydrogens is 283 g/mol. The van der Waals surface area contributed by atoms with Crippen LogP contribution < -0.4 is 4.90 Å². The number of fused-ring (bicyclic) bond motifs is 1. The first-order valence-electron chi connectivity index (χ1n) is 6.36. The first-order chi connectivity index (χ1) is 9.88. The molecule has 2 heterocycles. The Labute approximate surface area is 118 Å². The number of nitrogens with zero attached hydrogens (tertiary/aromatic N) is 3. The Morgan fingerprint density at radius 2 is 2.05 bits per heavy atom. The molecule has 3 rings (SSSR count). The molecule has 2 aromatic rings. The molecule has 0 N–H and O–H groups in total. The fourth-order valence-electron chi connectivity index (χ4n) is 2.48. The molecule has 0 saturated heterocycles. The number of imidazole rings is 1. The van der Waals surface area contributed by atoms with E-state index < -0.39 is 17.6 Å². The minimum Gasteiger partial charge on any atom is -0.320 e. The highest BCUT2D eigenvalue weighted by atomic mass is 19.4. The van der Waals surface area contributed by atoms with E-state index in [4.69, 9.17) is 0 Å². The van der Waals surface area contributed by atoms with Gasteiger partial charge in [-0.05, 0) is 24.1 Å². The number of aromatic nitrogens is 2. The maximum absolute atomic E-state index is 12.8. The van der Waals surface area contributed by atoms with E-state index in [-0.39, 0.29) is 5.56 Å². The third-order valence-corrected chi connectivity index (χ3v) is 3.59. The summed E-state index contributed by atoms with van der Waals surface area (Å²) in [5.41, 5.74) is -0.0508. The average Bonchev–Trinajstić information content (AvgIpc) is 2.84. The van der Waals surface area contributed by atoms with Gasteiger partial charge in [-0.3, -0.25) is 9.69 Å². The Kier molecular flexibility index (Phi) is 3.00. The highest BCUT2D eigenvalue weighted by Gasteiger charge is 2.34. The number of halogens is 3. The summed E-state index contributed by atoms with van der Waals surface area (Å²) < 4.78 is 40.0. The molecule has 0 fully saturated rings. The third kappa shape index (κ3) is 2.28. The Hall–Kier alpha value is -2.31. The van der Waals surface area contributed by atoms with Gasteiger partial charge in [0, 0.05) is 19.2 Å². The molecule has 1 aliphatic heterocycles. The van der Waals surface area contributed by atoms with Gasteiger partial charge in [0.2, 0.25) is 0 Å². The van der Waals surface area contributed by atoms with Gasteiger partial charge >= 0.3 is 6.18 Å². The average molecular weight is 295 g/mol. The highest BCUT2D eigenvalue weighted by molar-refractivity contribution is 6.07. The smallest absolute Gasteiger partial charge is 0.320 e. The van der Waals surface area contributed by atoms with Crippen molar-refractivity contribution >= 4 is 11.7 Å². The van der Waals surface area contributed by atoms with Crippen molar-refractivity contribution in [3.63, 3.8) is 0 Å². The number of hydrogen-bond donors (Lipinski definition) is 0. The summed E-state index contributed by atoms with van der Waals surface area (Å²) in [5.74, 6) is 0.147. The summed E-state index contributed by atoms with van der Waals surface area (Å²) in [4.78, 5) is 17.9. The van der Waals surface area contributed by atoms with Crippen LogP contribution in [0.25, 0.3) is 0 Å². The quantitative estimate of drug-likeness (QED) is 0.811. The molecule has 1 amide bonds. The lowest BCUT2D eigenvalue weighted by molar-refractivity contribution is -0.137. The zero-order chi connectivity index (χ0) is 15.2. The van der Waals surface area contributed by atoms with Crippen molar-refractivity contribution < 1.29 is 18.0 Å². The zero-order valence-corrected chi connectivity index (χ0v) is 11.2. The zero-order valence-electron chi connectivity index (χ0n) is 11.2. The van der Waals surface area contributed by atoms with Gasteiger partial charge < -0.3 is 4.57 Å². The highest BCUT2D eigenvalue weighted by Crippen LogP contribution is 2.32. The van der Waals surface area contributed by atoms with Crippen molar-refractivity contribution in [2.45, 2.75) is 12.6 Å². The Morgan fingerprint density at radius 1 is 1.29 bits per heavy atom. The molecule has 110 valence electrons. The maximum atomic E-state index is 12.8. The Morgan fingerprint density at radius 3 is 2.67 bits per heavy atom. The van der Waals surface area contributed by atoms with Gasteiger partial charge in [-0.25, -0.2) is 4.98 Å². The molecule has 21 heavy (non-hydrogen) atoms. The van der Waals surface area contributed by atoms with Crippen molar-refractivity contribution in [2.24, 2.45) is 7.05 Å². The fourth-order valence-corrected chi connectivity index (χ4v) is 2.48. The SMILES string of the molecule is Cn1cncc1N1CCc2ccc(C(F)(F)F)cc2C1=O. The number of amides is 1. The van der Waals surface area contributed by atoms with E-state index in [9.17, 15) is 18.0 Å². The lowest BCUT2D eigenvalue weighted by atomic mass is 9.96. The molecule has 1 aromatic carbocycles. The third-order valence-electron chi connectivity index (χ3n) is 3.59. The monoisotopic (exact) mass is 295 g/mol. The normalized spacial score (nSPS) is 15.2. The summed E-state index contributed by atoms with van der Waals surface area (Å²) in [7, 11) is 1.73. The summed E-state index contributed by atoms with van der Waals surface area (Å²) in [6, 6.07) is 3.34. The van der Waals surface area contributed by atoms with Crippen molar-refractivity contribution in [2.75, 3.05) is 11.4 Å². The van der Waals surface area contributed by atoms with Crippen LogP contribution in [0.2, 0.25) is 0 Å². The van der Waals surface area contributed by atoms with Crippen LogP contribution in [0.3, 0.4) is 0 Å². The molecule has 0 unspecified atom stereocenters. The van der Waals surface area contributed by atoms with E-state index in [0.717, 1.165) is 12.1 Å². The van der Waals surface area contributed by atoms with E-state index in [1.54, 1.807) is 17.9 Å². The topological polar surface area (TPSA) is 38.1 Å². The van der Waals surface area contributed by atoms with Gasteiger partial charge in [0.1, 0.15) is 5.82 Å². The molecule has 0 saturated carbocycles. The number of alkyl halides is 3. The lowest BCUT2D eigenvalue weighted by Gasteiger charge is -2.28. The molecular formula is C14H12F3N3O. The van der Waals surface area contributed by atoms with E-state index in [0.29, 0.717) is 24.3 Å². The summed E-state index contributed by atoms with van der Waals surface area (Å²) >= 11 is 0. The van der Waals surface area contributed by atoms with Crippen molar-refractivity contribution in [1.29, 1.82) is 0 Å². The predicted octanol–water partition coefficient (Wildman–Crippen LogP) is 2.64. The van der Waals surface area contributed by atoms with Gasteiger partial charge in [-0.2, -0.15) is 13.2 Å². The summed E-state index contributed by atoms with van der Waals surface area (Å²) in [5, 5.41) is 0. The van der Waals surface area contributed by atoms with E-state index in [2.05, 4.69) is 4.98 Å². The number of benzene rings is 1. The van der Waals surface area contributed by atoms with Crippen molar-refractivity contribution in [1.82, 2.24) is 9.55 Å². The van der Waals surface area contributed by atoms with Gasteiger partial charge in [0.15, 0.2) is 0 Å². The van der Waals surface area contributed by atoms with Crippen molar-refractivity contribution in [3.05, 3.63) is 47.4 Å². The molecule has 0 radical (unpaired) electrons. The second-order valence-corrected chi connectivity index (χ2v) is 4.94.